The molecule has 1 aliphatic heterocycles. The Morgan fingerprint density at radius 3 is 2.61 bits per heavy atom. The smallest absolute Gasteiger partial charge is 0.264 e. The summed E-state index contributed by atoms with van der Waals surface area (Å²) in [6.45, 7) is 0.880. The van der Waals surface area contributed by atoms with Gasteiger partial charge in [-0.15, -0.1) is 0 Å². The molecule has 186 valence electrons. The molecule has 3 aromatic rings. The molecule has 1 aliphatic carbocycles. The third kappa shape index (κ3) is 4.59. The fourth-order valence-electron chi connectivity index (χ4n) is 4.98. The Bertz CT molecular complexity index is 1380. The molecule has 0 bridgehead atoms. The van der Waals surface area contributed by atoms with E-state index in [1.807, 2.05) is 36.4 Å². The number of hydrogen-bond acceptors (Lipinski definition) is 7. The number of aromatic nitrogens is 4. The molecule has 1 aromatic carbocycles. The van der Waals surface area contributed by atoms with Crippen molar-refractivity contribution in [2.45, 2.75) is 50.3 Å². The maximum Gasteiger partial charge on any atom is 0.264 e. The number of piperidine rings is 1. The molecule has 36 heavy (non-hydrogen) atoms. The van der Waals surface area contributed by atoms with Crippen molar-refractivity contribution < 1.29 is 14.7 Å². The maximum atomic E-state index is 13.1. The molecule has 2 N–H and O–H groups in total. The highest BCUT2D eigenvalue weighted by Gasteiger charge is 2.41. The van der Waals surface area contributed by atoms with Gasteiger partial charge in [0.15, 0.2) is 5.65 Å². The molecule has 1 saturated carbocycles. The lowest BCUT2D eigenvalue weighted by molar-refractivity contribution is -0.144. The number of fused-ring (bicyclic) bond motifs is 1. The van der Waals surface area contributed by atoms with Gasteiger partial charge in [0.2, 0.25) is 11.8 Å². The van der Waals surface area contributed by atoms with Crippen LogP contribution in [0.1, 0.15) is 32.1 Å². The van der Waals surface area contributed by atoms with Gasteiger partial charge in [-0.25, -0.2) is 9.67 Å². The zero-order chi connectivity index (χ0) is 25.3. The first-order valence-electron chi connectivity index (χ1n) is 12.0. The predicted molar refractivity (Wildman–Crippen MR) is 129 cm³/mol. The number of nitriles is 1. The Balaban J connectivity index is 1.19. The molecule has 11 nitrogen and oxygen atoms in total. The summed E-state index contributed by atoms with van der Waals surface area (Å²) in [4.78, 5) is 43.6. The summed E-state index contributed by atoms with van der Waals surface area (Å²) in [5.74, 6) is -0.442. The van der Waals surface area contributed by atoms with E-state index in [0.29, 0.717) is 49.8 Å². The minimum atomic E-state index is -1.13. The van der Waals surface area contributed by atoms with Crippen LogP contribution in [0.4, 0.5) is 0 Å². The molecule has 2 amide bonds. The summed E-state index contributed by atoms with van der Waals surface area (Å²) in [5, 5.41) is 27.2. The molecule has 2 aromatic heterocycles. The van der Waals surface area contributed by atoms with Crippen LogP contribution >= 0.6 is 0 Å². The van der Waals surface area contributed by atoms with Crippen LogP contribution in [0.5, 0.6) is 0 Å². The Morgan fingerprint density at radius 1 is 1.19 bits per heavy atom. The minimum absolute atomic E-state index is 0.0245. The Labute approximate surface area is 207 Å². The fraction of sp³-hybridized carbons (Fsp3) is 0.440. The summed E-state index contributed by atoms with van der Waals surface area (Å²) in [6, 6.07) is 11.2. The molecular formula is C25H27N7O4. The number of nitrogens with one attached hydrogen (secondary N) is 1. The van der Waals surface area contributed by atoms with E-state index in [0.717, 1.165) is 5.69 Å². The topological polar surface area (TPSA) is 146 Å². The van der Waals surface area contributed by atoms with Crippen LogP contribution in [0.25, 0.3) is 16.7 Å². The van der Waals surface area contributed by atoms with E-state index in [9.17, 15) is 19.5 Å². The second kappa shape index (κ2) is 9.54. The molecule has 5 rings (SSSR count). The number of carbonyl (C=O) groups excluding carboxylic acids is 2. The van der Waals surface area contributed by atoms with Crippen molar-refractivity contribution in [2.24, 2.45) is 5.92 Å². The number of benzene rings is 1. The molecule has 2 fully saturated rings. The van der Waals surface area contributed by atoms with Gasteiger partial charge in [0.25, 0.3) is 5.56 Å². The van der Waals surface area contributed by atoms with Gasteiger partial charge in [0.1, 0.15) is 18.1 Å². The van der Waals surface area contributed by atoms with Crippen molar-refractivity contribution in [1.82, 2.24) is 29.5 Å². The van der Waals surface area contributed by atoms with Crippen molar-refractivity contribution >= 4 is 22.8 Å². The van der Waals surface area contributed by atoms with Crippen molar-refractivity contribution in [3.8, 4) is 11.8 Å². The summed E-state index contributed by atoms with van der Waals surface area (Å²) in [6.07, 6.45) is 4.58. The van der Waals surface area contributed by atoms with Crippen LogP contribution in [0.15, 0.2) is 47.7 Å². The van der Waals surface area contributed by atoms with Crippen LogP contribution in [0.2, 0.25) is 0 Å². The van der Waals surface area contributed by atoms with E-state index in [4.69, 9.17) is 5.26 Å². The first-order valence-corrected chi connectivity index (χ1v) is 12.0. The van der Waals surface area contributed by atoms with Crippen molar-refractivity contribution in [3.63, 3.8) is 0 Å². The number of para-hydroxylation sites is 1. The van der Waals surface area contributed by atoms with Crippen LogP contribution in [0, 0.1) is 17.2 Å². The lowest BCUT2D eigenvalue weighted by Gasteiger charge is -2.42. The third-order valence-corrected chi connectivity index (χ3v) is 7.12. The van der Waals surface area contributed by atoms with E-state index in [2.05, 4.69) is 15.4 Å². The number of nitrogens with zero attached hydrogens (tertiary/aromatic N) is 6. The van der Waals surface area contributed by atoms with E-state index < -0.39 is 5.60 Å². The summed E-state index contributed by atoms with van der Waals surface area (Å²) >= 11 is 0. The van der Waals surface area contributed by atoms with Crippen LogP contribution in [-0.4, -0.2) is 65.9 Å². The Hall–Kier alpha value is -4.04. The maximum absolute atomic E-state index is 13.1. The summed E-state index contributed by atoms with van der Waals surface area (Å²) in [5.41, 5.74) is -0.139. The van der Waals surface area contributed by atoms with Gasteiger partial charge in [-0.2, -0.15) is 10.4 Å². The Kier molecular flexibility index (Phi) is 6.28. The molecule has 3 heterocycles. The van der Waals surface area contributed by atoms with Gasteiger partial charge >= 0.3 is 0 Å². The molecule has 0 unspecified atom stereocenters. The van der Waals surface area contributed by atoms with Crippen LogP contribution < -0.4 is 10.9 Å². The monoisotopic (exact) mass is 489 g/mol. The first kappa shape index (κ1) is 23.7. The van der Waals surface area contributed by atoms with Crippen molar-refractivity contribution in [1.29, 1.82) is 5.26 Å². The zero-order valence-electron chi connectivity index (χ0n) is 19.7. The molecule has 0 spiro atoms. The normalized spacial score (nSPS) is 20.9. The molecule has 0 atom stereocenters. The second-order valence-electron chi connectivity index (χ2n) is 9.62. The van der Waals surface area contributed by atoms with E-state index in [1.165, 1.54) is 17.1 Å². The van der Waals surface area contributed by atoms with E-state index in [-0.39, 0.29) is 42.3 Å². The average molecular weight is 490 g/mol. The number of aliphatic hydroxyl groups is 1. The highest BCUT2D eigenvalue weighted by atomic mass is 16.3. The minimum Gasteiger partial charge on any atom is -0.388 e. The standard InChI is InChI=1S/C25H27N7O4/c26-9-6-21(33)29-18-12-17(13-18)23(34)30-10-7-25(36,8-11-30)15-31-16-27-22-20(24(31)35)14-28-32(22)19-4-2-1-3-5-19/h1-5,14,16-18,36H,6-8,10-13,15H2,(H,29,33). The van der Waals surface area contributed by atoms with Crippen LogP contribution in [0.3, 0.4) is 0 Å². The second-order valence-corrected chi connectivity index (χ2v) is 9.62. The van der Waals surface area contributed by atoms with Gasteiger partial charge in [0, 0.05) is 25.0 Å². The number of carbonyl (C=O) groups is 2. The van der Waals surface area contributed by atoms with E-state index >= 15 is 0 Å². The molecule has 11 heteroatoms. The first-order chi connectivity index (χ1) is 17.4. The third-order valence-electron chi connectivity index (χ3n) is 7.12. The van der Waals surface area contributed by atoms with Crippen LogP contribution in [-0.2, 0) is 16.1 Å². The van der Waals surface area contributed by atoms with Gasteiger partial charge in [-0.05, 0) is 37.8 Å². The number of amides is 2. The molecular weight excluding hydrogens is 462 g/mol. The lowest BCUT2D eigenvalue weighted by Crippen LogP contribution is -2.54. The highest BCUT2D eigenvalue weighted by molar-refractivity contribution is 5.82. The average Bonchev–Trinajstić information content (AvgIpc) is 3.29. The number of rotatable bonds is 6. The molecule has 1 saturated heterocycles. The van der Waals surface area contributed by atoms with Crippen molar-refractivity contribution in [2.75, 3.05) is 13.1 Å². The van der Waals surface area contributed by atoms with Gasteiger partial charge in [-0.1, -0.05) is 18.2 Å². The van der Waals surface area contributed by atoms with E-state index in [1.54, 1.807) is 9.58 Å². The highest BCUT2D eigenvalue weighted by Crippen LogP contribution is 2.32. The summed E-state index contributed by atoms with van der Waals surface area (Å²) in [7, 11) is 0. The predicted octanol–water partition coefficient (Wildman–Crippen LogP) is 0.744. The fourth-order valence-corrected chi connectivity index (χ4v) is 4.98. The number of likely N-dealkylation sites (tertiary alicyclic amines) is 1. The van der Waals surface area contributed by atoms with Gasteiger partial charge < -0.3 is 15.3 Å². The van der Waals surface area contributed by atoms with Gasteiger partial charge in [0.05, 0.1) is 30.1 Å². The molecule has 0 radical (unpaired) electrons. The lowest BCUT2D eigenvalue weighted by atomic mass is 9.78. The largest absolute Gasteiger partial charge is 0.388 e. The molecule has 2 aliphatic rings. The number of hydrogen-bond donors (Lipinski definition) is 2. The SMILES string of the molecule is N#CCC(=O)NC1CC(C(=O)N2CCC(O)(Cn3cnc4c(cnn4-c4ccccc4)c3=O)CC2)C1. The van der Waals surface area contributed by atoms with Crippen molar-refractivity contribution in [3.05, 3.63) is 53.2 Å². The summed E-state index contributed by atoms with van der Waals surface area (Å²) < 4.78 is 3.02. The quantitative estimate of drug-likeness (QED) is 0.519. The zero-order valence-corrected chi connectivity index (χ0v) is 19.7. The van der Waals surface area contributed by atoms with Gasteiger partial charge in [-0.3, -0.25) is 19.0 Å². The Morgan fingerprint density at radius 2 is 1.92 bits per heavy atom.